The van der Waals surface area contributed by atoms with Crippen molar-refractivity contribution in [2.75, 3.05) is 13.8 Å². The molecule has 2 aromatic carbocycles. The summed E-state index contributed by atoms with van der Waals surface area (Å²) in [6, 6.07) is 13.2. The fraction of sp³-hybridized carbons (Fsp3) is 0.125. The predicted octanol–water partition coefficient (Wildman–Crippen LogP) is 1.06. The lowest BCUT2D eigenvalue weighted by atomic mass is 10.2. The van der Waals surface area contributed by atoms with Gasteiger partial charge < -0.3 is 14.8 Å². The molecule has 0 aliphatic rings. The molecule has 0 bridgehead atoms. The Morgan fingerprint density at radius 2 is 1.30 bits per heavy atom. The van der Waals surface area contributed by atoms with Crippen molar-refractivity contribution in [3.8, 4) is 11.5 Å². The number of carbonyl (C=O) groups is 2. The van der Waals surface area contributed by atoms with E-state index in [1.165, 1.54) is 0 Å². The molecule has 0 aliphatic carbocycles. The van der Waals surface area contributed by atoms with Crippen LogP contribution in [0, 0.1) is 0 Å². The molecule has 2 aromatic rings. The number of amides is 2. The van der Waals surface area contributed by atoms with Crippen LogP contribution in [0.1, 0.15) is 20.7 Å². The minimum absolute atomic E-state index is 0.00174. The fourth-order valence-electron chi connectivity index (χ4n) is 1.80. The van der Waals surface area contributed by atoms with E-state index >= 15 is 0 Å². The molecule has 23 heavy (non-hydrogen) atoms. The highest BCUT2D eigenvalue weighted by atomic mass is 16.7. The Hall–Kier alpha value is -3.06. The van der Waals surface area contributed by atoms with Gasteiger partial charge in [0.1, 0.15) is 11.5 Å². The third kappa shape index (κ3) is 4.45. The van der Waals surface area contributed by atoms with Gasteiger partial charge in [-0.25, -0.2) is 5.84 Å². The fourth-order valence-corrected chi connectivity index (χ4v) is 1.80. The number of hydrazine groups is 1. The standard InChI is InChI=1S/C16H17N3O4/c1-18-15(20)11-2-6-13(7-3-11)22-10-23-14-8-4-12(5-9-14)16(21)19-17/h2-9H,10,17H2,1H3,(H,18,20)(H,19,21). The molecular weight excluding hydrogens is 298 g/mol. The van der Waals surface area contributed by atoms with E-state index in [0.29, 0.717) is 22.6 Å². The number of nitrogens with two attached hydrogens (primary N) is 1. The lowest BCUT2D eigenvalue weighted by molar-refractivity contribution is 0.0949. The zero-order valence-electron chi connectivity index (χ0n) is 12.5. The summed E-state index contributed by atoms with van der Waals surface area (Å²) in [5, 5.41) is 2.54. The molecule has 0 unspecified atom stereocenters. The molecule has 4 N–H and O–H groups in total. The number of nitrogen functional groups attached to an aromatic ring is 1. The van der Waals surface area contributed by atoms with Crippen molar-refractivity contribution in [1.29, 1.82) is 0 Å². The number of ether oxygens (including phenoxy) is 2. The summed E-state index contributed by atoms with van der Waals surface area (Å²) in [5.41, 5.74) is 3.04. The van der Waals surface area contributed by atoms with Crippen LogP contribution in [0.25, 0.3) is 0 Å². The molecule has 0 atom stereocenters. The topological polar surface area (TPSA) is 103 Å². The van der Waals surface area contributed by atoms with Crippen molar-refractivity contribution >= 4 is 11.8 Å². The van der Waals surface area contributed by atoms with Gasteiger partial charge in [0.2, 0.25) is 6.79 Å². The zero-order valence-corrected chi connectivity index (χ0v) is 12.5. The second-order valence-electron chi connectivity index (χ2n) is 4.51. The van der Waals surface area contributed by atoms with E-state index in [2.05, 4.69) is 5.32 Å². The SMILES string of the molecule is CNC(=O)c1ccc(OCOc2ccc(C(=O)NN)cc2)cc1. The Bertz CT molecular complexity index is 609. The van der Waals surface area contributed by atoms with Gasteiger partial charge in [-0.2, -0.15) is 0 Å². The van der Waals surface area contributed by atoms with Gasteiger partial charge in [0.05, 0.1) is 0 Å². The summed E-state index contributed by atoms with van der Waals surface area (Å²) < 4.78 is 10.8. The number of benzene rings is 2. The summed E-state index contributed by atoms with van der Waals surface area (Å²) in [5.74, 6) is 5.66. The summed E-state index contributed by atoms with van der Waals surface area (Å²) in [6.45, 7) is 0.00174. The van der Waals surface area contributed by atoms with E-state index in [0.717, 1.165) is 0 Å². The van der Waals surface area contributed by atoms with Gasteiger partial charge in [-0.05, 0) is 48.5 Å². The van der Waals surface area contributed by atoms with Crippen LogP contribution in [-0.2, 0) is 0 Å². The van der Waals surface area contributed by atoms with Gasteiger partial charge in [-0.15, -0.1) is 0 Å². The number of carbonyl (C=O) groups excluding carboxylic acids is 2. The van der Waals surface area contributed by atoms with E-state index in [9.17, 15) is 9.59 Å². The van der Waals surface area contributed by atoms with Crippen molar-refractivity contribution in [2.24, 2.45) is 5.84 Å². The molecule has 0 radical (unpaired) electrons. The first-order valence-electron chi connectivity index (χ1n) is 6.83. The molecule has 120 valence electrons. The maximum absolute atomic E-state index is 11.4. The Morgan fingerprint density at radius 1 is 0.870 bits per heavy atom. The number of nitrogens with one attached hydrogen (secondary N) is 2. The molecule has 7 heteroatoms. The van der Waals surface area contributed by atoms with Crippen LogP contribution in [0.4, 0.5) is 0 Å². The normalized spacial score (nSPS) is 9.83. The van der Waals surface area contributed by atoms with E-state index in [1.807, 2.05) is 5.43 Å². The Kier molecular flexibility index (Phi) is 5.54. The van der Waals surface area contributed by atoms with E-state index < -0.39 is 0 Å². The van der Waals surface area contributed by atoms with Crippen LogP contribution in [0.2, 0.25) is 0 Å². The second-order valence-corrected chi connectivity index (χ2v) is 4.51. The van der Waals surface area contributed by atoms with Gasteiger partial charge in [0.25, 0.3) is 11.8 Å². The minimum Gasteiger partial charge on any atom is -0.458 e. The molecule has 0 heterocycles. The first-order valence-corrected chi connectivity index (χ1v) is 6.83. The van der Waals surface area contributed by atoms with Crippen LogP contribution in [0.3, 0.4) is 0 Å². The molecule has 0 saturated heterocycles. The van der Waals surface area contributed by atoms with Crippen LogP contribution < -0.4 is 26.1 Å². The molecular formula is C16H17N3O4. The Morgan fingerprint density at radius 3 is 1.70 bits per heavy atom. The van der Waals surface area contributed by atoms with Crippen LogP contribution in [0.5, 0.6) is 11.5 Å². The smallest absolute Gasteiger partial charge is 0.265 e. The average molecular weight is 315 g/mol. The van der Waals surface area contributed by atoms with Crippen molar-refractivity contribution in [3.05, 3.63) is 59.7 Å². The maximum atomic E-state index is 11.4. The third-order valence-electron chi connectivity index (χ3n) is 3.04. The van der Waals surface area contributed by atoms with Crippen LogP contribution in [0.15, 0.2) is 48.5 Å². The summed E-state index contributed by atoms with van der Waals surface area (Å²) in [7, 11) is 1.57. The molecule has 0 aromatic heterocycles. The number of hydrogen-bond acceptors (Lipinski definition) is 5. The van der Waals surface area contributed by atoms with E-state index in [4.69, 9.17) is 15.3 Å². The van der Waals surface area contributed by atoms with E-state index in [-0.39, 0.29) is 18.6 Å². The molecule has 2 rings (SSSR count). The van der Waals surface area contributed by atoms with Gasteiger partial charge in [-0.1, -0.05) is 0 Å². The third-order valence-corrected chi connectivity index (χ3v) is 3.04. The Balaban J connectivity index is 1.85. The monoisotopic (exact) mass is 315 g/mol. The highest BCUT2D eigenvalue weighted by molar-refractivity contribution is 5.94. The van der Waals surface area contributed by atoms with Gasteiger partial charge in [0.15, 0.2) is 0 Å². The Labute approximate surface area is 133 Å². The first-order chi connectivity index (χ1) is 11.1. The largest absolute Gasteiger partial charge is 0.458 e. The number of hydrogen-bond donors (Lipinski definition) is 3. The first kappa shape index (κ1) is 16.3. The molecule has 0 fully saturated rings. The van der Waals surface area contributed by atoms with E-state index in [1.54, 1.807) is 55.6 Å². The van der Waals surface area contributed by atoms with Crippen LogP contribution in [-0.4, -0.2) is 25.7 Å². The minimum atomic E-state index is -0.371. The van der Waals surface area contributed by atoms with Crippen molar-refractivity contribution in [1.82, 2.24) is 10.7 Å². The van der Waals surface area contributed by atoms with Crippen LogP contribution >= 0.6 is 0 Å². The number of rotatable bonds is 6. The van der Waals surface area contributed by atoms with Crippen molar-refractivity contribution in [2.45, 2.75) is 0 Å². The molecule has 7 nitrogen and oxygen atoms in total. The highest BCUT2D eigenvalue weighted by Crippen LogP contribution is 2.15. The van der Waals surface area contributed by atoms with Gasteiger partial charge >= 0.3 is 0 Å². The summed E-state index contributed by atoms with van der Waals surface area (Å²) >= 11 is 0. The molecule has 0 aliphatic heterocycles. The highest BCUT2D eigenvalue weighted by Gasteiger charge is 2.04. The van der Waals surface area contributed by atoms with Gasteiger partial charge in [-0.3, -0.25) is 15.0 Å². The quantitative estimate of drug-likeness (QED) is 0.320. The van der Waals surface area contributed by atoms with Gasteiger partial charge in [0, 0.05) is 18.2 Å². The zero-order chi connectivity index (χ0) is 16.7. The lowest BCUT2D eigenvalue weighted by Gasteiger charge is -2.09. The average Bonchev–Trinajstić information content (AvgIpc) is 2.61. The second kappa shape index (κ2) is 7.81. The summed E-state index contributed by atoms with van der Waals surface area (Å²) in [6.07, 6.45) is 0. The lowest BCUT2D eigenvalue weighted by Crippen LogP contribution is -2.29. The predicted molar refractivity (Wildman–Crippen MR) is 84.1 cm³/mol. The maximum Gasteiger partial charge on any atom is 0.265 e. The van der Waals surface area contributed by atoms with Crippen molar-refractivity contribution in [3.63, 3.8) is 0 Å². The molecule has 2 amide bonds. The van der Waals surface area contributed by atoms with Crippen molar-refractivity contribution < 1.29 is 19.1 Å². The molecule has 0 saturated carbocycles. The summed E-state index contributed by atoms with van der Waals surface area (Å²) in [4.78, 5) is 22.7. The molecule has 0 spiro atoms.